The second-order valence-electron chi connectivity index (χ2n) is 6.95. The predicted molar refractivity (Wildman–Crippen MR) is 78.4 cm³/mol. The standard InChI is InChI=1S/C17H23F3O2/c1-11-5-4-10-16(2,3)14(11)15(21)12-6-8-13(9-7-12)22-17(18,19)20/h6-9,11,14-15,21H,4-5,10H2,1-3H3/t11-,14-,15-/m0/s1. The van der Waals surface area contributed by atoms with Crippen molar-refractivity contribution in [2.24, 2.45) is 17.3 Å². The number of aliphatic hydroxyl groups excluding tert-OH is 1. The molecule has 1 N–H and O–H groups in total. The van der Waals surface area contributed by atoms with Crippen LogP contribution in [0.4, 0.5) is 13.2 Å². The zero-order valence-corrected chi connectivity index (χ0v) is 13.2. The van der Waals surface area contributed by atoms with Gasteiger partial charge in [0.05, 0.1) is 6.10 Å². The Hall–Kier alpha value is -1.23. The van der Waals surface area contributed by atoms with Crippen molar-refractivity contribution in [1.29, 1.82) is 0 Å². The highest BCUT2D eigenvalue weighted by atomic mass is 19.4. The van der Waals surface area contributed by atoms with Gasteiger partial charge in [0.1, 0.15) is 5.75 Å². The third-order valence-electron chi connectivity index (χ3n) is 4.79. The maximum atomic E-state index is 12.2. The van der Waals surface area contributed by atoms with Gasteiger partial charge in [-0.15, -0.1) is 13.2 Å². The first kappa shape index (κ1) is 17.1. The van der Waals surface area contributed by atoms with Gasteiger partial charge in [-0.3, -0.25) is 0 Å². The zero-order valence-electron chi connectivity index (χ0n) is 13.2. The highest BCUT2D eigenvalue weighted by Crippen LogP contribution is 2.49. The van der Waals surface area contributed by atoms with Crippen LogP contribution in [0.25, 0.3) is 0 Å². The Bertz CT molecular complexity index is 494. The number of aliphatic hydroxyl groups is 1. The number of ether oxygens (including phenoxy) is 1. The normalized spacial score (nSPS) is 26.5. The van der Waals surface area contributed by atoms with Gasteiger partial charge in [0.15, 0.2) is 0 Å². The lowest BCUT2D eigenvalue weighted by atomic mass is 9.61. The van der Waals surface area contributed by atoms with Gasteiger partial charge in [-0.2, -0.15) is 0 Å². The summed E-state index contributed by atoms with van der Waals surface area (Å²) >= 11 is 0. The molecule has 0 amide bonds. The number of hydrogen-bond donors (Lipinski definition) is 1. The lowest BCUT2D eigenvalue weighted by molar-refractivity contribution is -0.274. The summed E-state index contributed by atoms with van der Waals surface area (Å²) in [5.41, 5.74) is 0.652. The Morgan fingerprint density at radius 3 is 2.32 bits per heavy atom. The lowest BCUT2D eigenvalue weighted by Crippen LogP contribution is -2.37. The van der Waals surface area contributed by atoms with Crippen LogP contribution < -0.4 is 4.74 Å². The molecule has 0 unspecified atom stereocenters. The second kappa shape index (κ2) is 6.11. The summed E-state index contributed by atoms with van der Waals surface area (Å²) in [6, 6.07) is 5.55. The van der Waals surface area contributed by atoms with E-state index in [1.807, 2.05) is 0 Å². The van der Waals surface area contributed by atoms with Crippen LogP contribution in [0.2, 0.25) is 0 Å². The van der Waals surface area contributed by atoms with Crippen LogP contribution in [0.3, 0.4) is 0 Å². The smallest absolute Gasteiger partial charge is 0.406 e. The SMILES string of the molecule is C[C@H]1CCCC(C)(C)[C@@H]1[C@@H](O)c1ccc(OC(F)(F)F)cc1. The number of alkyl halides is 3. The van der Waals surface area contributed by atoms with E-state index in [0.717, 1.165) is 19.3 Å². The molecule has 0 heterocycles. The van der Waals surface area contributed by atoms with Gasteiger partial charge < -0.3 is 9.84 Å². The van der Waals surface area contributed by atoms with E-state index >= 15 is 0 Å². The van der Waals surface area contributed by atoms with E-state index in [-0.39, 0.29) is 17.1 Å². The molecule has 2 rings (SSSR count). The molecule has 1 aliphatic rings. The molecule has 1 aromatic carbocycles. The summed E-state index contributed by atoms with van der Waals surface area (Å²) < 4.78 is 40.4. The minimum atomic E-state index is -4.69. The number of rotatable bonds is 3. The number of hydrogen-bond acceptors (Lipinski definition) is 2. The topological polar surface area (TPSA) is 29.5 Å². The summed E-state index contributed by atoms with van der Waals surface area (Å²) in [5, 5.41) is 10.7. The van der Waals surface area contributed by atoms with Crippen LogP contribution in [0.1, 0.15) is 51.7 Å². The summed E-state index contributed by atoms with van der Waals surface area (Å²) in [4.78, 5) is 0. The van der Waals surface area contributed by atoms with Crippen molar-refractivity contribution < 1.29 is 23.0 Å². The van der Waals surface area contributed by atoms with Crippen LogP contribution >= 0.6 is 0 Å². The summed E-state index contributed by atoms with van der Waals surface area (Å²) in [7, 11) is 0. The monoisotopic (exact) mass is 316 g/mol. The van der Waals surface area contributed by atoms with Crippen molar-refractivity contribution in [2.75, 3.05) is 0 Å². The van der Waals surface area contributed by atoms with E-state index in [0.29, 0.717) is 11.5 Å². The van der Waals surface area contributed by atoms with Gasteiger partial charge in [0.25, 0.3) is 0 Å². The molecule has 2 nitrogen and oxygen atoms in total. The predicted octanol–water partition coefficient (Wildman–Crippen LogP) is 5.08. The molecule has 0 spiro atoms. The Kier molecular flexibility index (Phi) is 4.76. The van der Waals surface area contributed by atoms with Gasteiger partial charge >= 0.3 is 6.36 Å². The summed E-state index contributed by atoms with van der Waals surface area (Å²) in [5.74, 6) is 0.208. The number of benzene rings is 1. The second-order valence-corrected chi connectivity index (χ2v) is 6.95. The van der Waals surface area contributed by atoms with Gasteiger partial charge in [-0.05, 0) is 41.4 Å². The Labute approximate surface area is 129 Å². The van der Waals surface area contributed by atoms with E-state index in [2.05, 4.69) is 25.5 Å². The quantitative estimate of drug-likeness (QED) is 0.842. The van der Waals surface area contributed by atoms with Crippen molar-refractivity contribution in [3.63, 3.8) is 0 Å². The first-order valence-electron chi connectivity index (χ1n) is 7.64. The Morgan fingerprint density at radius 1 is 1.23 bits per heavy atom. The maximum Gasteiger partial charge on any atom is 0.573 e. The maximum absolute atomic E-state index is 12.2. The third kappa shape index (κ3) is 3.94. The molecule has 1 aliphatic carbocycles. The van der Waals surface area contributed by atoms with E-state index < -0.39 is 12.5 Å². The van der Waals surface area contributed by atoms with Crippen LogP contribution in [-0.2, 0) is 0 Å². The molecule has 1 aromatic rings. The molecule has 0 aliphatic heterocycles. The molecule has 1 fully saturated rings. The largest absolute Gasteiger partial charge is 0.573 e. The van der Waals surface area contributed by atoms with E-state index in [1.54, 1.807) is 0 Å². The van der Waals surface area contributed by atoms with Crippen LogP contribution in [0, 0.1) is 17.3 Å². The minimum absolute atomic E-state index is 0.0121. The molecule has 0 bridgehead atoms. The third-order valence-corrected chi connectivity index (χ3v) is 4.79. The van der Waals surface area contributed by atoms with E-state index in [4.69, 9.17) is 0 Å². The van der Waals surface area contributed by atoms with Crippen LogP contribution in [-0.4, -0.2) is 11.5 Å². The van der Waals surface area contributed by atoms with Crippen molar-refractivity contribution >= 4 is 0 Å². The van der Waals surface area contributed by atoms with Gasteiger partial charge in [0.2, 0.25) is 0 Å². The van der Waals surface area contributed by atoms with Crippen molar-refractivity contribution in [3.05, 3.63) is 29.8 Å². The van der Waals surface area contributed by atoms with Crippen molar-refractivity contribution in [3.8, 4) is 5.75 Å². The summed E-state index contributed by atoms with van der Waals surface area (Å²) in [6.45, 7) is 6.44. The fourth-order valence-corrected chi connectivity index (χ4v) is 3.81. The molecular formula is C17H23F3O2. The van der Waals surface area contributed by atoms with Gasteiger partial charge in [-0.1, -0.05) is 45.7 Å². The average Bonchev–Trinajstić information content (AvgIpc) is 2.36. The minimum Gasteiger partial charge on any atom is -0.406 e. The first-order valence-corrected chi connectivity index (χ1v) is 7.64. The molecule has 0 saturated heterocycles. The molecule has 1 saturated carbocycles. The van der Waals surface area contributed by atoms with Gasteiger partial charge in [-0.25, -0.2) is 0 Å². The highest BCUT2D eigenvalue weighted by molar-refractivity contribution is 5.29. The van der Waals surface area contributed by atoms with Crippen molar-refractivity contribution in [2.45, 2.75) is 52.5 Å². The Balaban J connectivity index is 2.16. The fourth-order valence-electron chi connectivity index (χ4n) is 3.81. The van der Waals surface area contributed by atoms with E-state index in [1.165, 1.54) is 24.3 Å². The zero-order chi connectivity index (χ0) is 16.5. The fraction of sp³-hybridized carbons (Fsp3) is 0.647. The molecule has 3 atom stereocenters. The van der Waals surface area contributed by atoms with Gasteiger partial charge in [0, 0.05) is 0 Å². The summed E-state index contributed by atoms with van der Waals surface area (Å²) in [6.07, 6.45) is -2.10. The van der Waals surface area contributed by atoms with E-state index in [9.17, 15) is 18.3 Å². The van der Waals surface area contributed by atoms with Crippen LogP contribution in [0.15, 0.2) is 24.3 Å². The lowest BCUT2D eigenvalue weighted by Gasteiger charge is -2.45. The average molecular weight is 316 g/mol. The van der Waals surface area contributed by atoms with Crippen LogP contribution in [0.5, 0.6) is 5.75 Å². The molecule has 22 heavy (non-hydrogen) atoms. The number of halogens is 3. The molecular weight excluding hydrogens is 293 g/mol. The molecule has 124 valence electrons. The molecule has 0 aromatic heterocycles. The Morgan fingerprint density at radius 2 is 1.82 bits per heavy atom. The first-order chi connectivity index (χ1) is 10.1. The molecule has 0 radical (unpaired) electrons. The van der Waals surface area contributed by atoms with Crippen molar-refractivity contribution in [1.82, 2.24) is 0 Å². The molecule has 5 heteroatoms. The highest BCUT2D eigenvalue weighted by Gasteiger charge is 2.41.